The summed E-state index contributed by atoms with van der Waals surface area (Å²) >= 11 is 0. The van der Waals surface area contributed by atoms with E-state index in [0.29, 0.717) is 0 Å². The van der Waals surface area contributed by atoms with Crippen molar-refractivity contribution in [3.05, 3.63) is 0 Å². The second-order valence-corrected chi connectivity index (χ2v) is 7.56. The molecule has 2 saturated carbocycles. The van der Waals surface area contributed by atoms with Crippen LogP contribution in [0.15, 0.2) is 0 Å². The van der Waals surface area contributed by atoms with Gasteiger partial charge in [0.1, 0.15) is 0 Å². The average molecular weight is 279 g/mol. The van der Waals surface area contributed by atoms with E-state index in [-0.39, 0.29) is 5.60 Å². The van der Waals surface area contributed by atoms with Crippen molar-refractivity contribution in [1.29, 1.82) is 0 Å². The quantitative estimate of drug-likeness (QED) is 0.778. The molecule has 3 fully saturated rings. The number of hydrogen-bond donors (Lipinski definition) is 1. The van der Waals surface area contributed by atoms with Crippen LogP contribution in [0.4, 0.5) is 0 Å². The Labute approximate surface area is 125 Å². The van der Waals surface area contributed by atoms with Crippen molar-refractivity contribution in [2.75, 3.05) is 13.7 Å². The van der Waals surface area contributed by atoms with Gasteiger partial charge in [0, 0.05) is 12.6 Å². The smallest absolute Gasteiger partial charge is 0.0685 e. The van der Waals surface area contributed by atoms with Gasteiger partial charge in [-0.2, -0.15) is 0 Å². The zero-order valence-corrected chi connectivity index (χ0v) is 13.3. The van der Waals surface area contributed by atoms with Gasteiger partial charge in [-0.1, -0.05) is 38.5 Å². The molecule has 2 heteroatoms. The lowest BCUT2D eigenvalue weighted by Crippen LogP contribution is -2.47. The molecule has 0 bridgehead atoms. The first-order valence-corrected chi connectivity index (χ1v) is 9.14. The molecule has 0 aromatic heterocycles. The molecule has 1 spiro atoms. The molecule has 2 nitrogen and oxygen atoms in total. The van der Waals surface area contributed by atoms with E-state index >= 15 is 0 Å². The molecule has 0 aromatic rings. The van der Waals surface area contributed by atoms with Crippen LogP contribution in [0.5, 0.6) is 0 Å². The van der Waals surface area contributed by atoms with Gasteiger partial charge in [-0.3, -0.25) is 0 Å². The lowest BCUT2D eigenvalue weighted by molar-refractivity contribution is -0.101. The monoisotopic (exact) mass is 279 g/mol. The van der Waals surface area contributed by atoms with Gasteiger partial charge in [0.15, 0.2) is 0 Å². The lowest BCUT2D eigenvalue weighted by Gasteiger charge is -2.43. The largest absolute Gasteiger partial charge is 0.375 e. The van der Waals surface area contributed by atoms with Crippen LogP contribution >= 0.6 is 0 Å². The molecule has 0 aromatic carbocycles. The fourth-order valence-electron chi connectivity index (χ4n) is 5.27. The number of rotatable bonds is 3. The predicted molar refractivity (Wildman–Crippen MR) is 83.9 cm³/mol. The summed E-state index contributed by atoms with van der Waals surface area (Å²) in [6.45, 7) is 1.01. The third-order valence-corrected chi connectivity index (χ3v) is 6.29. The van der Waals surface area contributed by atoms with Crippen molar-refractivity contribution in [3.63, 3.8) is 0 Å². The summed E-state index contributed by atoms with van der Waals surface area (Å²) in [5.74, 6) is 1.78. The van der Waals surface area contributed by atoms with Crippen LogP contribution in [-0.4, -0.2) is 25.3 Å². The van der Waals surface area contributed by atoms with Crippen LogP contribution in [0.3, 0.4) is 0 Å². The van der Waals surface area contributed by atoms with Gasteiger partial charge in [-0.05, 0) is 57.4 Å². The molecule has 2 aliphatic carbocycles. The first-order valence-electron chi connectivity index (χ1n) is 9.14. The van der Waals surface area contributed by atoms with E-state index in [4.69, 9.17) is 4.74 Å². The van der Waals surface area contributed by atoms with Crippen molar-refractivity contribution in [1.82, 2.24) is 5.32 Å². The predicted octanol–water partition coefficient (Wildman–Crippen LogP) is 4.28. The van der Waals surface area contributed by atoms with Gasteiger partial charge in [0.25, 0.3) is 0 Å². The summed E-state index contributed by atoms with van der Waals surface area (Å²) in [5, 5.41) is 3.72. The van der Waals surface area contributed by atoms with Gasteiger partial charge in [0.05, 0.1) is 5.60 Å². The Bertz CT molecular complexity index is 290. The third-order valence-electron chi connectivity index (χ3n) is 6.29. The Morgan fingerprint density at radius 3 is 2.25 bits per heavy atom. The molecular weight excluding hydrogens is 246 g/mol. The Morgan fingerprint density at radius 2 is 1.60 bits per heavy atom. The minimum atomic E-state index is 0.281. The first-order chi connectivity index (χ1) is 9.83. The first kappa shape index (κ1) is 14.8. The topological polar surface area (TPSA) is 21.3 Å². The SMILES string of the molecule is CNC(C1CCCCCC1)C1CCOC2(CCCC2)C1. The number of ether oxygens (including phenoxy) is 1. The number of hydrogen-bond acceptors (Lipinski definition) is 2. The van der Waals surface area contributed by atoms with Gasteiger partial charge in [-0.15, -0.1) is 0 Å². The summed E-state index contributed by atoms with van der Waals surface area (Å²) < 4.78 is 6.24. The standard InChI is InChI=1S/C18H33NO/c1-19-17(15-8-4-2-3-5-9-15)16-10-13-20-18(14-16)11-6-7-12-18/h15-17,19H,2-14H2,1H3. The molecule has 116 valence electrons. The highest BCUT2D eigenvalue weighted by Gasteiger charge is 2.43. The Hall–Kier alpha value is -0.0800. The van der Waals surface area contributed by atoms with Gasteiger partial charge < -0.3 is 10.1 Å². The van der Waals surface area contributed by atoms with Crippen LogP contribution in [0, 0.1) is 11.8 Å². The van der Waals surface area contributed by atoms with E-state index in [9.17, 15) is 0 Å². The Balaban J connectivity index is 1.65. The summed E-state index contributed by atoms with van der Waals surface area (Å²) in [6, 6.07) is 0.745. The van der Waals surface area contributed by atoms with Crippen molar-refractivity contribution in [2.45, 2.75) is 88.7 Å². The summed E-state index contributed by atoms with van der Waals surface area (Å²) in [6.07, 6.45) is 16.8. The van der Waals surface area contributed by atoms with Crippen molar-refractivity contribution < 1.29 is 4.74 Å². The molecule has 2 atom stereocenters. The molecule has 1 aliphatic heterocycles. The van der Waals surface area contributed by atoms with Crippen LogP contribution in [0.2, 0.25) is 0 Å². The summed E-state index contributed by atoms with van der Waals surface area (Å²) in [5.41, 5.74) is 0.281. The van der Waals surface area contributed by atoms with E-state index < -0.39 is 0 Å². The second kappa shape index (κ2) is 6.79. The van der Waals surface area contributed by atoms with Gasteiger partial charge in [0.2, 0.25) is 0 Å². The fraction of sp³-hybridized carbons (Fsp3) is 1.00. The molecule has 2 unspecified atom stereocenters. The van der Waals surface area contributed by atoms with E-state index in [2.05, 4.69) is 12.4 Å². The zero-order chi connectivity index (χ0) is 13.8. The second-order valence-electron chi connectivity index (χ2n) is 7.56. The number of nitrogens with one attached hydrogen (secondary N) is 1. The lowest BCUT2D eigenvalue weighted by atomic mass is 9.75. The Kier molecular flexibility index (Phi) is 5.04. The average Bonchev–Trinajstić information content (AvgIpc) is 2.75. The van der Waals surface area contributed by atoms with Crippen molar-refractivity contribution in [3.8, 4) is 0 Å². The zero-order valence-electron chi connectivity index (χ0n) is 13.3. The van der Waals surface area contributed by atoms with Crippen LogP contribution in [0.25, 0.3) is 0 Å². The maximum Gasteiger partial charge on any atom is 0.0685 e. The molecule has 3 aliphatic rings. The highest BCUT2D eigenvalue weighted by molar-refractivity contribution is 4.95. The van der Waals surface area contributed by atoms with E-state index in [0.717, 1.165) is 24.5 Å². The van der Waals surface area contributed by atoms with Crippen LogP contribution < -0.4 is 5.32 Å². The highest BCUT2D eigenvalue weighted by Crippen LogP contribution is 2.44. The molecule has 1 heterocycles. The molecule has 0 amide bonds. The van der Waals surface area contributed by atoms with Gasteiger partial charge >= 0.3 is 0 Å². The van der Waals surface area contributed by atoms with Crippen molar-refractivity contribution >= 4 is 0 Å². The van der Waals surface area contributed by atoms with E-state index in [1.165, 1.54) is 77.0 Å². The third kappa shape index (κ3) is 3.22. The molecule has 1 N–H and O–H groups in total. The maximum absolute atomic E-state index is 6.24. The highest BCUT2D eigenvalue weighted by atomic mass is 16.5. The summed E-state index contributed by atoms with van der Waals surface area (Å²) in [7, 11) is 2.20. The van der Waals surface area contributed by atoms with Crippen molar-refractivity contribution in [2.24, 2.45) is 11.8 Å². The fourth-order valence-corrected chi connectivity index (χ4v) is 5.27. The Morgan fingerprint density at radius 1 is 0.900 bits per heavy atom. The summed E-state index contributed by atoms with van der Waals surface area (Å²) in [4.78, 5) is 0. The minimum absolute atomic E-state index is 0.281. The minimum Gasteiger partial charge on any atom is -0.375 e. The van der Waals surface area contributed by atoms with E-state index in [1.54, 1.807) is 0 Å². The molecule has 20 heavy (non-hydrogen) atoms. The molecule has 0 radical (unpaired) electrons. The van der Waals surface area contributed by atoms with Crippen LogP contribution in [-0.2, 0) is 4.74 Å². The molecular formula is C18H33NO. The molecule has 1 saturated heterocycles. The van der Waals surface area contributed by atoms with Gasteiger partial charge in [-0.25, -0.2) is 0 Å². The maximum atomic E-state index is 6.24. The van der Waals surface area contributed by atoms with E-state index in [1.807, 2.05) is 0 Å². The molecule has 3 rings (SSSR count). The normalized spacial score (nSPS) is 33.1. The van der Waals surface area contributed by atoms with Crippen LogP contribution in [0.1, 0.15) is 77.0 Å².